The van der Waals surface area contributed by atoms with Crippen molar-refractivity contribution in [3.8, 4) is 0 Å². The van der Waals surface area contributed by atoms with Crippen molar-refractivity contribution < 1.29 is 21.6 Å². The van der Waals surface area contributed by atoms with Gasteiger partial charge in [0.05, 0.1) is 0 Å². The zero-order chi connectivity index (χ0) is 16.5. The molecule has 0 spiro atoms. The number of hydrogen-bond donors (Lipinski definition) is 1. The molecule has 2 aromatic rings. The van der Waals surface area contributed by atoms with Crippen molar-refractivity contribution in [3.63, 3.8) is 0 Å². The molecule has 0 fully saturated rings. The molecule has 0 aromatic heterocycles. The fourth-order valence-electron chi connectivity index (χ4n) is 1.90. The van der Waals surface area contributed by atoms with Crippen molar-refractivity contribution in [1.29, 1.82) is 0 Å². The van der Waals surface area contributed by atoms with Crippen LogP contribution in [0.4, 0.5) is 13.2 Å². The topological polar surface area (TPSA) is 46.2 Å². The minimum absolute atomic E-state index is 0.323. The van der Waals surface area contributed by atoms with Gasteiger partial charge in [-0.2, -0.15) is 0 Å². The fourth-order valence-corrected chi connectivity index (χ4v) is 3.49. The van der Waals surface area contributed by atoms with Gasteiger partial charge in [0.2, 0.25) is 10.0 Å². The van der Waals surface area contributed by atoms with Gasteiger partial charge in [0.15, 0.2) is 17.5 Å². The Kier molecular flexibility index (Phi) is 4.79. The minimum Gasteiger partial charge on any atom is -0.207 e. The normalized spacial score (nSPS) is 13.1. The lowest BCUT2D eigenvalue weighted by molar-refractivity contribution is 0.431. The highest BCUT2D eigenvalue weighted by molar-refractivity contribution is 7.89. The Morgan fingerprint density at radius 3 is 2.32 bits per heavy atom. The molecule has 0 aliphatic rings. The summed E-state index contributed by atoms with van der Waals surface area (Å²) in [5.74, 6) is -5.07. The summed E-state index contributed by atoms with van der Waals surface area (Å²) in [5, 5.41) is 0.323. The Hall–Kier alpha value is -1.57. The molecule has 0 aliphatic heterocycles. The summed E-state index contributed by atoms with van der Waals surface area (Å²) in [5.41, 5.74) is 0.468. The molecule has 1 atom stereocenters. The van der Waals surface area contributed by atoms with Crippen molar-refractivity contribution in [2.24, 2.45) is 0 Å². The van der Waals surface area contributed by atoms with Crippen LogP contribution >= 0.6 is 11.6 Å². The standard InChI is InChI=1S/C14H11ClF3NO2S/c1-8(9-4-2-3-5-10(9)15)19-22(20,21)12-7-6-11(16)13(17)14(12)18/h2-8,19H,1H3. The number of rotatable bonds is 4. The van der Waals surface area contributed by atoms with Gasteiger partial charge >= 0.3 is 0 Å². The van der Waals surface area contributed by atoms with Crippen LogP contribution in [0.3, 0.4) is 0 Å². The summed E-state index contributed by atoms with van der Waals surface area (Å²) in [6.45, 7) is 1.50. The van der Waals surface area contributed by atoms with Crippen molar-refractivity contribution >= 4 is 21.6 Å². The van der Waals surface area contributed by atoms with Crippen LogP contribution in [0, 0.1) is 17.5 Å². The number of nitrogens with one attached hydrogen (secondary N) is 1. The van der Waals surface area contributed by atoms with E-state index in [4.69, 9.17) is 11.6 Å². The molecule has 118 valence electrons. The Balaban J connectivity index is 2.37. The molecule has 0 saturated heterocycles. The second kappa shape index (κ2) is 6.28. The van der Waals surface area contributed by atoms with E-state index in [0.29, 0.717) is 22.7 Å². The van der Waals surface area contributed by atoms with E-state index in [-0.39, 0.29) is 0 Å². The first-order valence-electron chi connectivity index (χ1n) is 6.14. The third-order valence-electron chi connectivity index (χ3n) is 2.99. The predicted molar refractivity (Wildman–Crippen MR) is 76.5 cm³/mol. The number of sulfonamides is 1. The van der Waals surface area contributed by atoms with E-state index < -0.39 is 38.4 Å². The van der Waals surface area contributed by atoms with E-state index in [1.54, 1.807) is 24.3 Å². The molecule has 3 nitrogen and oxygen atoms in total. The third-order valence-corrected chi connectivity index (χ3v) is 4.90. The SMILES string of the molecule is CC(NS(=O)(=O)c1ccc(F)c(F)c1F)c1ccccc1Cl. The molecule has 0 saturated carbocycles. The van der Waals surface area contributed by atoms with Crippen LogP contribution in [-0.4, -0.2) is 8.42 Å². The first-order valence-corrected chi connectivity index (χ1v) is 8.00. The number of hydrogen-bond acceptors (Lipinski definition) is 2. The lowest BCUT2D eigenvalue weighted by atomic mass is 10.1. The maximum Gasteiger partial charge on any atom is 0.244 e. The van der Waals surface area contributed by atoms with Crippen LogP contribution in [0.15, 0.2) is 41.3 Å². The molecule has 22 heavy (non-hydrogen) atoms. The van der Waals surface area contributed by atoms with Gasteiger partial charge in [0.1, 0.15) is 4.90 Å². The van der Waals surface area contributed by atoms with Crippen LogP contribution in [0.1, 0.15) is 18.5 Å². The lowest BCUT2D eigenvalue weighted by Gasteiger charge is -2.16. The molecule has 0 bridgehead atoms. The van der Waals surface area contributed by atoms with Gasteiger partial charge in [-0.05, 0) is 30.7 Å². The van der Waals surface area contributed by atoms with Crippen LogP contribution in [0.2, 0.25) is 5.02 Å². The maximum absolute atomic E-state index is 13.6. The fraction of sp³-hybridized carbons (Fsp3) is 0.143. The van der Waals surface area contributed by atoms with Crippen LogP contribution in [-0.2, 0) is 10.0 Å². The van der Waals surface area contributed by atoms with Crippen molar-refractivity contribution in [3.05, 3.63) is 64.4 Å². The largest absolute Gasteiger partial charge is 0.244 e. The maximum atomic E-state index is 13.6. The Morgan fingerprint density at radius 1 is 1.05 bits per heavy atom. The Morgan fingerprint density at radius 2 is 1.68 bits per heavy atom. The molecule has 2 aromatic carbocycles. The van der Waals surface area contributed by atoms with Gasteiger partial charge in [-0.25, -0.2) is 26.3 Å². The zero-order valence-electron chi connectivity index (χ0n) is 11.3. The lowest BCUT2D eigenvalue weighted by Crippen LogP contribution is -2.28. The molecular weight excluding hydrogens is 339 g/mol. The van der Waals surface area contributed by atoms with Gasteiger partial charge in [0.25, 0.3) is 0 Å². The van der Waals surface area contributed by atoms with Crippen LogP contribution in [0.5, 0.6) is 0 Å². The highest BCUT2D eigenvalue weighted by atomic mass is 35.5. The molecule has 0 aliphatic carbocycles. The summed E-state index contributed by atoms with van der Waals surface area (Å²) < 4.78 is 66.1. The predicted octanol–water partition coefficient (Wildman–Crippen LogP) is 3.80. The highest BCUT2D eigenvalue weighted by Crippen LogP contribution is 2.25. The molecule has 2 rings (SSSR count). The molecule has 8 heteroatoms. The average Bonchev–Trinajstić information content (AvgIpc) is 2.44. The van der Waals surface area contributed by atoms with Gasteiger partial charge in [0, 0.05) is 11.1 Å². The molecule has 1 N–H and O–H groups in total. The quantitative estimate of drug-likeness (QED) is 0.853. The van der Waals surface area contributed by atoms with E-state index in [2.05, 4.69) is 4.72 Å². The minimum atomic E-state index is -4.38. The van der Waals surface area contributed by atoms with Crippen molar-refractivity contribution in [1.82, 2.24) is 4.72 Å². The number of halogens is 4. The third kappa shape index (κ3) is 3.26. The summed E-state index contributed by atoms with van der Waals surface area (Å²) in [6, 6.07) is 6.91. The second-order valence-electron chi connectivity index (χ2n) is 4.54. The summed E-state index contributed by atoms with van der Waals surface area (Å²) in [4.78, 5) is -0.967. The van der Waals surface area contributed by atoms with Gasteiger partial charge in [-0.3, -0.25) is 0 Å². The molecule has 0 radical (unpaired) electrons. The van der Waals surface area contributed by atoms with Crippen LogP contribution in [0.25, 0.3) is 0 Å². The summed E-state index contributed by atoms with van der Waals surface area (Å²) in [6.07, 6.45) is 0. The molecule has 1 unspecified atom stereocenters. The van der Waals surface area contributed by atoms with Crippen LogP contribution < -0.4 is 4.72 Å². The zero-order valence-corrected chi connectivity index (χ0v) is 12.9. The van der Waals surface area contributed by atoms with E-state index in [1.165, 1.54) is 6.92 Å². The molecule has 0 amide bonds. The van der Waals surface area contributed by atoms with E-state index >= 15 is 0 Å². The average molecular weight is 350 g/mol. The molecule has 0 heterocycles. The first kappa shape index (κ1) is 16.8. The van der Waals surface area contributed by atoms with Crippen molar-refractivity contribution in [2.75, 3.05) is 0 Å². The van der Waals surface area contributed by atoms with Gasteiger partial charge in [-0.1, -0.05) is 29.8 Å². The monoisotopic (exact) mass is 349 g/mol. The van der Waals surface area contributed by atoms with E-state index in [0.717, 1.165) is 0 Å². The summed E-state index contributed by atoms with van der Waals surface area (Å²) >= 11 is 5.95. The van der Waals surface area contributed by atoms with E-state index in [9.17, 15) is 21.6 Å². The Labute approximate surface area is 130 Å². The van der Waals surface area contributed by atoms with Crippen molar-refractivity contribution in [2.45, 2.75) is 17.9 Å². The Bertz CT molecular complexity index is 812. The smallest absolute Gasteiger partial charge is 0.207 e. The number of benzene rings is 2. The van der Waals surface area contributed by atoms with Gasteiger partial charge in [-0.15, -0.1) is 0 Å². The van der Waals surface area contributed by atoms with E-state index in [1.807, 2.05) is 0 Å². The molecular formula is C14H11ClF3NO2S. The first-order chi connectivity index (χ1) is 10.2. The summed E-state index contributed by atoms with van der Waals surface area (Å²) in [7, 11) is -4.38. The highest BCUT2D eigenvalue weighted by Gasteiger charge is 2.26. The second-order valence-corrected chi connectivity index (χ2v) is 6.63. The van der Waals surface area contributed by atoms with Gasteiger partial charge < -0.3 is 0 Å².